The number of nitrogens with one attached hydrogen (secondary N) is 3. The second kappa shape index (κ2) is 9.36. The van der Waals surface area contributed by atoms with Crippen LogP contribution in [0.5, 0.6) is 0 Å². The van der Waals surface area contributed by atoms with Gasteiger partial charge in [0, 0.05) is 36.2 Å². The molecule has 0 spiro atoms. The van der Waals surface area contributed by atoms with Crippen molar-refractivity contribution in [2.24, 2.45) is 11.8 Å². The number of hydrogen-bond donors (Lipinski definition) is 3. The highest BCUT2D eigenvalue weighted by molar-refractivity contribution is 5.94. The van der Waals surface area contributed by atoms with Crippen LogP contribution >= 0.6 is 0 Å². The van der Waals surface area contributed by atoms with Crippen molar-refractivity contribution in [3.63, 3.8) is 0 Å². The molecule has 0 radical (unpaired) electrons. The van der Waals surface area contributed by atoms with Gasteiger partial charge < -0.3 is 16.0 Å². The predicted molar refractivity (Wildman–Crippen MR) is 103 cm³/mol. The molecule has 6 nitrogen and oxygen atoms in total. The monoisotopic (exact) mass is 359 g/mol. The Morgan fingerprint density at radius 2 is 1.54 bits per heavy atom. The van der Waals surface area contributed by atoms with E-state index >= 15 is 0 Å². The Bertz CT molecular complexity index is 651. The first-order valence-corrected chi connectivity index (χ1v) is 9.38. The van der Waals surface area contributed by atoms with Gasteiger partial charge in [0.15, 0.2) is 0 Å². The lowest BCUT2D eigenvalue weighted by Gasteiger charge is -2.28. The Morgan fingerprint density at radius 3 is 2.08 bits per heavy atom. The van der Waals surface area contributed by atoms with Gasteiger partial charge in [-0.2, -0.15) is 0 Å². The van der Waals surface area contributed by atoms with Gasteiger partial charge in [0.05, 0.1) is 0 Å². The molecule has 0 heterocycles. The number of benzene rings is 1. The van der Waals surface area contributed by atoms with Crippen LogP contribution in [-0.4, -0.2) is 23.8 Å². The Kier molecular flexibility index (Phi) is 7.18. The van der Waals surface area contributed by atoms with Gasteiger partial charge in [-0.25, -0.2) is 0 Å². The SMILES string of the molecule is CCC(C)NC(=O)C1CCC(C(=O)Nc2cccc(NC(C)=O)c2)CC1. The molecule has 1 aromatic carbocycles. The maximum atomic E-state index is 12.5. The number of anilines is 2. The Labute approximate surface area is 155 Å². The van der Waals surface area contributed by atoms with Crippen LogP contribution in [0, 0.1) is 11.8 Å². The number of amides is 3. The minimum Gasteiger partial charge on any atom is -0.353 e. The fourth-order valence-corrected chi connectivity index (χ4v) is 3.20. The maximum absolute atomic E-state index is 12.5. The van der Waals surface area contributed by atoms with Crippen LogP contribution in [0.2, 0.25) is 0 Å². The molecule has 1 unspecified atom stereocenters. The van der Waals surface area contributed by atoms with Crippen LogP contribution in [-0.2, 0) is 14.4 Å². The zero-order valence-electron chi connectivity index (χ0n) is 15.8. The van der Waals surface area contributed by atoms with Gasteiger partial charge >= 0.3 is 0 Å². The van der Waals surface area contributed by atoms with Gasteiger partial charge in [0.25, 0.3) is 0 Å². The van der Waals surface area contributed by atoms with E-state index < -0.39 is 0 Å². The second-order valence-corrected chi connectivity index (χ2v) is 7.12. The minimum atomic E-state index is -0.150. The van der Waals surface area contributed by atoms with E-state index in [1.54, 1.807) is 24.3 Å². The summed E-state index contributed by atoms with van der Waals surface area (Å²) >= 11 is 0. The largest absolute Gasteiger partial charge is 0.353 e. The van der Waals surface area contributed by atoms with E-state index in [9.17, 15) is 14.4 Å². The van der Waals surface area contributed by atoms with Crippen molar-refractivity contribution in [2.45, 2.75) is 58.9 Å². The molecule has 1 aliphatic carbocycles. The van der Waals surface area contributed by atoms with E-state index in [4.69, 9.17) is 0 Å². The third-order valence-corrected chi connectivity index (χ3v) is 4.92. The van der Waals surface area contributed by atoms with E-state index in [2.05, 4.69) is 16.0 Å². The van der Waals surface area contributed by atoms with E-state index in [0.717, 1.165) is 32.1 Å². The third-order valence-electron chi connectivity index (χ3n) is 4.92. The highest BCUT2D eigenvalue weighted by Gasteiger charge is 2.30. The molecule has 1 fully saturated rings. The van der Waals surface area contributed by atoms with E-state index in [1.807, 2.05) is 13.8 Å². The summed E-state index contributed by atoms with van der Waals surface area (Å²) in [5.74, 6) is -0.127. The number of carbonyl (C=O) groups is 3. The average Bonchev–Trinajstić information content (AvgIpc) is 2.61. The highest BCUT2D eigenvalue weighted by atomic mass is 16.2. The number of rotatable bonds is 6. The molecule has 0 saturated heterocycles. The first kappa shape index (κ1) is 19.9. The molecule has 1 aromatic rings. The lowest BCUT2D eigenvalue weighted by molar-refractivity contribution is -0.129. The summed E-state index contributed by atoms with van der Waals surface area (Å²) in [5.41, 5.74) is 1.32. The van der Waals surface area contributed by atoms with Crippen molar-refractivity contribution >= 4 is 29.1 Å². The van der Waals surface area contributed by atoms with E-state index in [-0.39, 0.29) is 35.6 Å². The van der Waals surface area contributed by atoms with Gasteiger partial charge in [-0.3, -0.25) is 14.4 Å². The zero-order chi connectivity index (χ0) is 19.1. The van der Waals surface area contributed by atoms with E-state index in [1.165, 1.54) is 6.92 Å². The molecule has 0 aromatic heterocycles. The van der Waals surface area contributed by atoms with Crippen molar-refractivity contribution in [3.8, 4) is 0 Å². The van der Waals surface area contributed by atoms with Crippen molar-refractivity contribution in [1.29, 1.82) is 0 Å². The topological polar surface area (TPSA) is 87.3 Å². The summed E-state index contributed by atoms with van der Waals surface area (Å²) in [5, 5.41) is 8.65. The summed E-state index contributed by atoms with van der Waals surface area (Å²) in [6.07, 6.45) is 3.84. The van der Waals surface area contributed by atoms with Crippen LogP contribution in [0.3, 0.4) is 0 Å². The molecule has 0 bridgehead atoms. The molecule has 1 atom stereocenters. The Balaban J connectivity index is 1.85. The third kappa shape index (κ3) is 5.86. The van der Waals surface area contributed by atoms with Gasteiger partial charge in [0.2, 0.25) is 17.7 Å². The second-order valence-electron chi connectivity index (χ2n) is 7.12. The standard InChI is InChI=1S/C20H29N3O3/c1-4-13(2)21-19(25)15-8-10-16(11-9-15)20(26)23-18-7-5-6-17(12-18)22-14(3)24/h5-7,12-13,15-16H,4,8-11H2,1-3H3,(H,21,25)(H,22,24)(H,23,26). The maximum Gasteiger partial charge on any atom is 0.227 e. The summed E-state index contributed by atoms with van der Waals surface area (Å²) in [7, 11) is 0. The smallest absolute Gasteiger partial charge is 0.227 e. The van der Waals surface area contributed by atoms with Gasteiger partial charge in [0.1, 0.15) is 0 Å². The first-order valence-electron chi connectivity index (χ1n) is 9.38. The fraction of sp³-hybridized carbons (Fsp3) is 0.550. The lowest BCUT2D eigenvalue weighted by atomic mass is 9.81. The van der Waals surface area contributed by atoms with Crippen LogP contribution in [0.25, 0.3) is 0 Å². The lowest BCUT2D eigenvalue weighted by Crippen LogP contribution is -2.39. The first-order chi connectivity index (χ1) is 12.4. The van der Waals surface area contributed by atoms with E-state index in [0.29, 0.717) is 11.4 Å². The molecule has 142 valence electrons. The fourth-order valence-electron chi connectivity index (χ4n) is 3.20. The molecule has 1 saturated carbocycles. The average molecular weight is 359 g/mol. The summed E-state index contributed by atoms with van der Waals surface area (Å²) in [6, 6.07) is 7.30. The predicted octanol–water partition coefficient (Wildman–Crippen LogP) is 3.30. The molecular weight excluding hydrogens is 330 g/mol. The van der Waals surface area contributed by atoms with Crippen LogP contribution in [0.15, 0.2) is 24.3 Å². The quantitative estimate of drug-likeness (QED) is 0.728. The molecule has 3 amide bonds. The molecule has 6 heteroatoms. The summed E-state index contributed by atoms with van der Waals surface area (Å²) in [4.78, 5) is 35.9. The van der Waals surface area contributed by atoms with Crippen LogP contribution < -0.4 is 16.0 Å². The zero-order valence-corrected chi connectivity index (χ0v) is 15.8. The van der Waals surface area contributed by atoms with Gasteiger partial charge in [-0.05, 0) is 57.2 Å². The van der Waals surface area contributed by atoms with Crippen LogP contribution in [0.1, 0.15) is 52.9 Å². The van der Waals surface area contributed by atoms with Crippen molar-refractivity contribution < 1.29 is 14.4 Å². The number of hydrogen-bond acceptors (Lipinski definition) is 3. The van der Waals surface area contributed by atoms with Gasteiger partial charge in [-0.15, -0.1) is 0 Å². The minimum absolute atomic E-state index is 0.0103. The Hall–Kier alpha value is -2.37. The van der Waals surface area contributed by atoms with Crippen LogP contribution in [0.4, 0.5) is 11.4 Å². The molecule has 26 heavy (non-hydrogen) atoms. The number of carbonyl (C=O) groups excluding carboxylic acids is 3. The summed E-state index contributed by atoms with van der Waals surface area (Å²) < 4.78 is 0. The van der Waals surface area contributed by atoms with Crippen molar-refractivity contribution in [2.75, 3.05) is 10.6 Å². The molecule has 0 aliphatic heterocycles. The normalized spacial score (nSPS) is 20.7. The molecule has 1 aliphatic rings. The summed E-state index contributed by atoms with van der Waals surface area (Å²) in [6.45, 7) is 5.50. The van der Waals surface area contributed by atoms with Crippen molar-refractivity contribution in [1.82, 2.24) is 5.32 Å². The molecular formula is C20H29N3O3. The molecule has 3 N–H and O–H groups in total. The van der Waals surface area contributed by atoms with Crippen molar-refractivity contribution in [3.05, 3.63) is 24.3 Å². The Morgan fingerprint density at radius 1 is 1.00 bits per heavy atom. The molecule has 2 rings (SSSR count). The van der Waals surface area contributed by atoms with Gasteiger partial charge in [-0.1, -0.05) is 13.0 Å². The highest BCUT2D eigenvalue weighted by Crippen LogP contribution is 2.30.